The Bertz CT molecular complexity index is 568. The predicted octanol–water partition coefficient (Wildman–Crippen LogP) is 0.805. The Labute approximate surface area is 129 Å². The van der Waals surface area contributed by atoms with Gasteiger partial charge in [-0.2, -0.15) is 0 Å². The fourth-order valence-corrected chi connectivity index (χ4v) is 2.28. The number of carboxylic acid groups (broad SMARTS) is 1. The number of pyridine rings is 1. The van der Waals surface area contributed by atoms with Crippen molar-refractivity contribution in [3.63, 3.8) is 0 Å². The number of rotatable bonds is 9. The average molecular weight is 312 g/mol. The van der Waals surface area contributed by atoms with Crippen molar-refractivity contribution in [2.75, 3.05) is 27.3 Å². The van der Waals surface area contributed by atoms with Gasteiger partial charge in [0, 0.05) is 45.1 Å². The first-order valence-corrected chi connectivity index (χ1v) is 7.18. The Morgan fingerprint density at radius 2 is 2.14 bits per heavy atom. The normalized spacial score (nSPS) is 11.1. The quantitative estimate of drug-likeness (QED) is 0.656. The van der Waals surface area contributed by atoms with E-state index in [0.29, 0.717) is 31.9 Å². The number of nitrogens with zero attached hydrogens (tertiary/aromatic N) is 2. The van der Waals surface area contributed by atoms with Crippen molar-refractivity contribution in [2.45, 2.75) is 32.9 Å². The van der Waals surface area contributed by atoms with E-state index in [1.54, 1.807) is 19.1 Å². The summed E-state index contributed by atoms with van der Waals surface area (Å²) in [6, 6.07) is 1.41. The number of aromatic hydroxyl groups is 1. The summed E-state index contributed by atoms with van der Waals surface area (Å²) in [5.41, 5.74) is 0.858. The lowest BCUT2D eigenvalue weighted by molar-refractivity contribution is -0.137. The summed E-state index contributed by atoms with van der Waals surface area (Å²) in [4.78, 5) is 24.2. The molecule has 0 aliphatic heterocycles. The minimum absolute atomic E-state index is 0.0109. The number of aromatic nitrogens is 1. The number of ether oxygens (including phenoxy) is 1. The molecule has 0 fully saturated rings. The third-order valence-electron chi connectivity index (χ3n) is 3.46. The number of methoxy groups -OCH3 is 1. The number of aryl methyl sites for hydroxylation is 1. The molecule has 1 rings (SSSR count). The molecule has 2 N–H and O–H groups in total. The van der Waals surface area contributed by atoms with Crippen LogP contribution in [-0.4, -0.2) is 53.0 Å². The number of hydrogen-bond acceptors (Lipinski definition) is 5. The molecule has 0 aliphatic rings. The molecule has 0 saturated carbocycles. The van der Waals surface area contributed by atoms with Gasteiger partial charge in [0.15, 0.2) is 5.75 Å². The highest BCUT2D eigenvalue weighted by Gasteiger charge is 2.15. The van der Waals surface area contributed by atoms with E-state index in [1.165, 1.54) is 6.07 Å². The van der Waals surface area contributed by atoms with Crippen molar-refractivity contribution >= 4 is 5.97 Å². The first-order valence-electron chi connectivity index (χ1n) is 7.18. The van der Waals surface area contributed by atoms with Gasteiger partial charge in [0.1, 0.15) is 0 Å². The maximum Gasteiger partial charge on any atom is 0.304 e. The lowest BCUT2D eigenvalue weighted by Gasteiger charge is -2.22. The topological polar surface area (TPSA) is 92.0 Å². The summed E-state index contributed by atoms with van der Waals surface area (Å²) in [6.07, 6.45) is 0.766. The summed E-state index contributed by atoms with van der Waals surface area (Å²) in [7, 11) is 3.38. The van der Waals surface area contributed by atoms with Gasteiger partial charge in [0.25, 0.3) is 0 Å². The molecule has 0 atom stereocenters. The van der Waals surface area contributed by atoms with Crippen LogP contribution in [0.2, 0.25) is 0 Å². The summed E-state index contributed by atoms with van der Waals surface area (Å²) in [5, 5.41) is 18.8. The van der Waals surface area contributed by atoms with Gasteiger partial charge < -0.3 is 19.5 Å². The molecule has 7 nitrogen and oxygen atoms in total. The third kappa shape index (κ3) is 5.16. The smallest absolute Gasteiger partial charge is 0.304 e. The molecule has 1 heterocycles. The van der Waals surface area contributed by atoms with Crippen LogP contribution in [0.25, 0.3) is 0 Å². The van der Waals surface area contributed by atoms with Crippen LogP contribution >= 0.6 is 0 Å². The van der Waals surface area contributed by atoms with Crippen molar-refractivity contribution in [3.8, 4) is 5.75 Å². The van der Waals surface area contributed by atoms with Gasteiger partial charge in [0.05, 0.1) is 12.1 Å². The highest BCUT2D eigenvalue weighted by molar-refractivity contribution is 5.66. The highest BCUT2D eigenvalue weighted by Crippen LogP contribution is 2.17. The van der Waals surface area contributed by atoms with Gasteiger partial charge in [0.2, 0.25) is 5.43 Å². The first-order chi connectivity index (χ1) is 10.4. The molecule has 22 heavy (non-hydrogen) atoms. The monoisotopic (exact) mass is 312 g/mol. The lowest BCUT2D eigenvalue weighted by Crippen LogP contribution is -2.26. The zero-order valence-electron chi connectivity index (χ0n) is 13.3. The molecule has 0 amide bonds. The third-order valence-corrected chi connectivity index (χ3v) is 3.46. The summed E-state index contributed by atoms with van der Waals surface area (Å²) < 4.78 is 6.91. The number of aliphatic carboxylic acids is 1. The van der Waals surface area contributed by atoms with E-state index >= 15 is 0 Å². The van der Waals surface area contributed by atoms with Crippen LogP contribution < -0.4 is 5.43 Å². The van der Waals surface area contributed by atoms with Gasteiger partial charge in [-0.1, -0.05) is 0 Å². The number of hydrogen-bond donors (Lipinski definition) is 2. The molecule has 0 aliphatic carbocycles. The number of carbonyl (C=O) groups is 1. The maximum atomic E-state index is 11.8. The molecular formula is C15H24N2O5. The Morgan fingerprint density at radius 1 is 1.45 bits per heavy atom. The molecule has 0 saturated heterocycles. The van der Waals surface area contributed by atoms with Gasteiger partial charge in [-0.3, -0.25) is 14.5 Å². The van der Waals surface area contributed by atoms with E-state index in [9.17, 15) is 14.7 Å². The van der Waals surface area contributed by atoms with Crippen molar-refractivity contribution < 1.29 is 19.7 Å². The van der Waals surface area contributed by atoms with E-state index in [-0.39, 0.29) is 12.2 Å². The molecule has 124 valence electrons. The van der Waals surface area contributed by atoms with E-state index in [4.69, 9.17) is 9.84 Å². The molecular weight excluding hydrogens is 288 g/mol. The van der Waals surface area contributed by atoms with Crippen molar-refractivity contribution in [2.24, 2.45) is 0 Å². The van der Waals surface area contributed by atoms with Crippen LogP contribution in [0.15, 0.2) is 10.9 Å². The molecule has 0 bridgehead atoms. The van der Waals surface area contributed by atoms with Crippen LogP contribution in [0, 0.1) is 6.92 Å². The molecule has 0 aromatic carbocycles. The van der Waals surface area contributed by atoms with E-state index in [1.807, 2.05) is 11.5 Å². The molecule has 0 spiro atoms. The lowest BCUT2D eigenvalue weighted by atomic mass is 10.2. The van der Waals surface area contributed by atoms with Gasteiger partial charge in [-0.25, -0.2) is 0 Å². The van der Waals surface area contributed by atoms with E-state index < -0.39 is 11.4 Å². The summed E-state index contributed by atoms with van der Waals surface area (Å²) in [6.45, 7) is 3.67. The highest BCUT2D eigenvalue weighted by atomic mass is 16.5. The summed E-state index contributed by atoms with van der Waals surface area (Å²) in [5.74, 6) is -1.15. The van der Waals surface area contributed by atoms with Gasteiger partial charge >= 0.3 is 5.97 Å². The largest absolute Gasteiger partial charge is 0.503 e. The summed E-state index contributed by atoms with van der Waals surface area (Å²) >= 11 is 0. The van der Waals surface area contributed by atoms with Crippen LogP contribution in [0.3, 0.4) is 0 Å². The molecule has 0 radical (unpaired) electrons. The fourth-order valence-electron chi connectivity index (χ4n) is 2.28. The first kappa shape index (κ1) is 18.2. The van der Waals surface area contributed by atoms with Crippen molar-refractivity contribution in [1.29, 1.82) is 0 Å². The fraction of sp³-hybridized carbons (Fsp3) is 0.600. The zero-order valence-corrected chi connectivity index (χ0v) is 13.3. The van der Waals surface area contributed by atoms with Crippen LogP contribution in [0.1, 0.15) is 24.2 Å². The minimum Gasteiger partial charge on any atom is -0.503 e. The molecule has 7 heteroatoms. The predicted molar refractivity (Wildman–Crippen MR) is 82.2 cm³/mol. The van der Waals surface area contributed by atoms with Crippen LogP contribution in [0.4, 0.5) is 0 Å². The van der Waals surface area contributed by atoms with Crippen molar-refractivity contribution in [3.05, 3.63) is 27.7 Å². The molecule has 1 aromatic rings. The molecule has 0 unspecified atom stereocenters. The second kappa shape index (κ2) is 8.55. The Balaban J connectivity index is 2.98. The van der Waals surface area contributed by atoms with E-state index in [2.05, 4.69) is 0 Å². The molecule has 1 aromatic heterocycles. The Kier molecular flexibility index (Phi) is 7.07. The average Bonchev–Trinajstić information content (AvgIpc) is 2.45. The van der Waals surface area contributed by atoms with Crippen LogP contribution in [0.5, 0.6) is 5.75 Å². The number of carboxylic acids is 1. The SMILES string of the molecule is COCCCn1c(C)cc(=O)c(O)c1CN(C)CCC(=O)O. The zero-order chi connectivity index (χ0) is 16.7. The minimum atomic E-state index is -0.877. The Morgan fingerprint density at radius 3 is 2.73 bits per heavy atom. The van der Waals surface area contributed by atoms with E-state index in [0.717, 1.165) is 12.1 Å². The second-order valence-corrected chi connectivity index (χ2v) is 5.32. The maximum absolute atomic E-state index is 11.8. The Hall–Kier alpha value is -1.86. The van der Waals surface area contributed by atoms with Crippen LogP contribution in [-0.2, 0) is 22.6 Å². The van der Waals surface area contributed by atoms with Gasteiger partial charge in [-0.15, -0.1) is 0 Å². The second-order valence-electron chi connectivity index (χ2n) is 5.32. The van der Waals surface area contributed by atoms with Gasteiger partial charge in [-0.05, 0) is 20.4 Å². The van der Waals surface area contributed by atoms with Crippen molar-refractivity contribution in [1.82, 2.24) is 9.47 Å². The standard InChI is InChI=1S/C15H24N2O5/c1-11-9-13(18)15(21)12(17(11)6-4-8-22-3)10-16(2)7-5-14(19)20/h9,21H,4-8,10H2,1-3H3,(H,19,20).